The molecular formula is C57H37N5. The molecule has 3 heterocycles. The van der Waals surface area contributed by atoms with Gasteiger partial charge in [0.1, 0.15) is 0 Å². The van der Waals surface area contributed by atoms with Gasteiger partial charge in [0.25, 0.3) is 0 Å². The molecule has 5 heteroatoms. The van der Waals surface area contributed by atoms with E-state index in [1.807, 2.05) is 18.2 Å². The number of hydrogen-bond acceptors (Lipinski definition) is 3. The van der Waals surface area contributed by atoms with E-state index in [9.17, 15) is 0 Å². The zero-order valence-electron chi connectivity index (χ0n) is 33.6. The lowest BCUT2D eigenvalue weighted by Crippen LogP contribution is -2.04. The molecule has 0 amide bonds. The van der Waals surface area contributed by atoms with Crippen molar-refractivity contribution in [2.45, 2.75) is 0 Å². The Hall–Kier alpha value is -8.41. The van der Waals surface area contributed by atoms with Crippen LogP contribution in [0.1, 0.15) is 0 Å². The lowest BCUT2D eigenvalue weighted by Gasteiger charge is -2.17. The molecule has 9 aromatic carbocycles. The molecule has 12 aromatic rings. The first-order chi connectivity index (χ1) is 30.8. The smallest absolute Gasteiger partial charge is 0.166 e. The molecule has 5 nitrogen and oxygen atoms in total. The van der Waals surface area contributed by atoms with E-state index >= 15 is 0 Å². The SMILES string of the molecule is c1ccc(-c2ccc(-n3c4ccccc4c4ccccc43)c(-c3nc(-c4ccccc4)nc(-c4ccc(-n5c6ccccc6c6ccccc65)c(-c5ccccc5)c4)n3)c2)cc1. The fourth-order valence-electron chi connectivity index (χ4n) is 9.15. The summed E-state index contributed by atoms with van der Waals surface area (Å²) < 4.78 is 4.74. The van der Waals surface area contributed by atoms with Crippen molar-refractivity contribution < 1.29 is 0 Å². The van der Waals surface area contributed by atoms with E-state index in [0.29, 0.717) is 17.5 Å². The van der Waals surface area contributed by atoms with Crippen molar-refractivity contribution in [3.05, 3.63) is 224 Å². The van der Waals surface area contributed by atoms with Gasteiger partial charge in [0.15, 0.2) is 17.5 Å². The second kappa shape index (κ2) is 14.7. The number of para-hydroxylation sites is 4. The molecule has 0 aliphatic heterocycles. The van der Waals surface area contributed by atoms with E-state index in [4.69, 9.17) is 15.0 Å². The summed E-state index contributed by atoms with van der Waals surface area (Å²) in [5.41, 5.74) is 13.7. The number of nitrogens with zero attached hydrogens (tertiary/aromatic N) is 5. The molecule has 12 rings (SSSR count). The van der Waals surface area contributed by atoms with Gasteiger partial charge in [0.05, 0.1) is 33.4 Å². The molecule has 0 spiro atoms. The number of aromatic nitrogens is 5. The third-order valence-corrected chi connectivity index (χ3v) is 12.0. The van der Waals surface area contributed by atoms with Gasteiger partial charge in [-0.15, -0.1) is 0 Å². The zero-order chi connectivity index (χ0) is 41.0. The Morgan fingerprint density at radius 2 is 0.597 bits per heavy atom. The molecule has 3 aromatic heterocycles. The van der Waals surface area contributed by atoms with Crippen LogP contribution in [0.5, 0.6) is 0 Å². The number of rotatable bonds is 7. The van der Waals surface area contributed by atoms with Crippen LogP contribution in [-0.4, -0.2) is 24.1 Å². The van der Waals surface area contributed by atoms with Crippen molar-refractivity contribution in [1.29, 1.82) is 0 Å². The Kier molecular flexibility index (Phi) is 8.42. The van der Waals surface area contributed by atoms with Crippen molar-refractivity contribution >= 4 is 43.6 Å². The van der Waals surface area contributed by atoms with E-state index < -0.39 is 0 Å². The van der Waals surface area contributed by atoms with Crippen molar-refractivity contribution in [1.82, 2.24) is 24.1 Å². The Labute approximate surface area is 358 Å². The van der Waals surface area contributed by atoms with Gasteiger partial charge in [0.2, 0.25) is 0 Å². The molecule has 0 saturated heterocycles. The van der Waals surface area contributed by atoms with Crippen LogP contribution in [0.2, 0.25) is 0 Å². The molecule has 0 atom stereocenters. The van der Waals surface area contributed by atoms with Gasteiger partial charge in [-0.05, 0) is 71.3 Å². The summed E-state index contributed by atoms with van der Waals surface area (Å²) in [6.07, 6.45) is 0. The van der Waals surface area contributed by atoms with Crippen LogP contribution in [-0.2, 0) is 0 Å². The van der Waals surface area contributed by atoms with Crippen LogP contribution < -0.4 is 0 Å². The lowest BCUT2D eigenvalue weighted by molar-refractivity contribution is 1.06. The topological polar surface area (TPSA) is 48.5 Å². The number of hydrogen-bond donors (Lipinski definition) is 0. The van der Waals surface area contributed by atoms with E-state index in [2.05, 4.69) is 215 Å². The highest BCUT2D eigenvalue weighted by Gasteiger charge is 2.22. The van der Waals surface area contributed by atoms with Gasteiger partial charge in [-0.2, -0.15) is 0 Å². The fourth-order valence-corrected chi connectivity index (χ4v) is 9.15. The first-order valence-electron chi connectivity index (χ1n) is 21.0. The predicted octanol–water partition coefficient (Wildman–Crippen LogP) is 14.4. The third-order valence-electron chi connectivity index (χ3n) is 12.0. The van der Waals surface area contributed by atoms with Crippen LogP contribution in [0, 0.1) is 0 Å². The highest BCUT2D eigenvalue weighted by molar-refractivity contribution is 6.11. The molecule has 0 bridgehead atoms. The summed E-state index contributed by atoms with van der Waals surface area (Å²) in [6, 6.07) is 79.2. The highest BCUT2D eigenvalue weighted by atomic mass is 15.1. The van der Waals surface area contributed by atoms with Gasteiger partial charge in [-0.25, -0.2) is 15.0 Å². The summed E-state index contributed by atoms with van der Waals surface area (Å²) in [4.78, 5) is 16.0. The Morgan fingerprint density at radius 3 is 1.10 bits per heavy atom. The summed E-state index contributed by atoms with van der Waals surface area (Å²) in [5.74, 6) is 1.80. The quantitative estimate of drug-likeness (QED) is 0.162. The lowest BCUT2D eigenvalue weighted by atomic mass is 9.99. The summed E-state index contributed by atoms with van der Waals surface area (Å²) in [5, 5.41) is 4.83. The van der Waals surface area contributed by atoms with Gasteiger partial charge < -0.3 is 9.13 Å². The minimum atomic E-state index is 0.594. The number of fused-ring (bicyclic) bond motifs is 6. The highest BCUT2D eigenvalue weighted by Crippen LogP contribution is 2.40. The van der Waals surface area contributed by atoms with Crippen LogP contribution >= 0.6 is 0 Å². The minimum absolute atomic E-state index is 0.594. The van der Waals surface area contributed by atoms with Crippen LogP contribution in [0.3, 0.4) is 0 Å². The zero-order valence-corrected chi connectivity index (χ0v) is 33.6. The Balaban J connectivity index is 1.13. The second-order valence-corrected chi connectivity index (χ2v) is 15.6. The predicted molar refractivity (Wildman–Crippen MR) is 256 cm³/mol. The van der Waals surface area contributed by atoms with Crippen molar-refractivity contribution in [2.75, 3.05) is 0 Å². The summed E-state index contributed by atoms with van der Waals surface area (Å²) in [7, 11) is 0. The number of benzene rings is 9. The molecule has 0 aliphatic carbocycles. The first kappa shape index (κ1) is 35.5. The van der Waals surface area contributed by atoms with Gasteiger partial charge in [0, 0.05) is 43.8 Å². The summed E-state index contributed by atoms with van der Waals surface area (Å²) in [6.45, 7) is 0. The maximum absolute atomic E-state index is 5.45. The molecule has 0 saturated carbocycles. The molecule has 0 N–H and O–H groups in total. The minimum Gasteiger partial charge on any atom is -0.309 e. The van der Waals surface area contributed by atoms with E-state index in [1.165, 1.54) is 21.5 Å². The van der Waals surface area contributed by atoms with Crippen LogP contribution in [0.4, 0.5) is 0 Å². The molecule has 0 aliphatic rings. The Bertz CT molecular complexity index is 3520. The maximum Gasteiger partial charge on any atom is 0.166 e. The fraction of sp³-hybridized carbons (Fsp3) is 0. The Morgan fingerprint density at radius 1 is 0.242 bits per heavy atom. The van der Waals surface area contributed by atoms with Crippen molar-refractivity contribution in [3.63, 3.8) is 0 Å². The van der Waals surface area contributed by atoms with Gasteiger partial charge >= 0.3 is 0 Å². The van der Waals surface area contributed by atoms with Crippen LogP contribution in [0.25, 0.3) is 111 Å². The monoisotopic (exact) mass is 791 g/mol. The average molecular weight is 792 g/mol. The molecular weight excluding hydrogens is 755 g/mol. The van der Waals surface area contributed by atoms with Crippen molar-refractivity contribution in [2.24, 2.45) is 0 Å². The van der Waals surface area contributed by atoms with Crippen molar-refractivity contribution in [3.8, 4) is 67.8 Å². The first-order valence-corrected chi connectivity index (χ1v) is 21.0. The van der Waals surface area contributed by atoms with Gasteiger partial charge in [-0.3, -0.25) is 0 Å². The largest absolute Gasteiger partial charge is 0.309 e. The normalized spacial score (nSPS) is 11.5. The van der Waals surface area contributed by atoms with E-state index in [-0.39, 0.29) is 0 Å². The molecule has 290 valence electrons. The molecule has 62 heavy (non-hydrogen) atoms. The molecule has 0 fully saturated rings. The van der Waals surface area contributed by atoms with Crippen LogP contribution in [0.15, 0.2) is 224 Å². The molecule has 0 radical (unpaired) electrons. The standard InChI is InChI=1S/C57H37N5/c1-4-18-38(19-5-1)41-32-34-54(62-51-30-16-12-26-45(51)46-27-13-17-31-52(46)62)48(36-41)57-59-55(40-22-8-3-9-23-40)58-56(60-57)42-33-35-53(47(37-42)39-20-6-2-7-21-39)61-49-28-14-10-24-43(49)44-25-11-15-29-50(44)61/h1-37H. The average Bonchev–Trinajstić information content (AvgIpc) is 3.87. The summed E-state index contributed by atoms with van der Waals surface area (Å²) >= 11 is 0. The second-order valence-electron chi connectivity index (χ2n) is 15.6. The third kappa shape index (κ3) is 5.90. The van der Waals surface area contributed by atoms with Gasteiger partial charge in [-0.1, -0.05) is 170 Å². The van der Waals surface area contributed by atoms with E-state index in [1.54, 1.807) is 0 Å². The maximum atomic E-state index is 5.45. The van der Waals surface area contributed by atoms with E-state index in [0.717, 1.165) is 72.4 Å². The molecule has 0 unspecified atom stereocenters.